The molecule has 1 aromatic rings. The minimum atomic E-state index is -4.92. The van der Waals surface area contributed by atoms with E-state index >= 15 is 0 Å². The van der Waals surface area contributed by atoms with Gasteiger partial charge in [0.1, 0.15) is 5.15 Å². The smallest absolute Gasteiger partial charge is 0.298 e. The topological polar surface area (TPSA) is 30.0 Å². The van der Waals surface area contributed by atoms with Gasteiger partial charge < -0.3 is 0 Å². The van der Waals surface area contributed by atoms with Crippen molar-refractivity contribution < 1.29 is 26.7 Å². The first-order valence-corrected chi connectivity index (χ1v) is 4.16. The van der Waals surface area contributed by atoms with Crippen LogP contribution in [-0.4, -0.2) is 11.3 Å². The van der Waals surface area contributed by atoms with Gasteiger partial charge >= 0.3 is 6.18 Å². The van der Waals surface area contributed by atoms with E-state index in [4.69, 9.17) is 11.6 Å². The minimum Gasteiger partial charge on any atom is -0.298 e. The summed E-state index contributed by atoms with van der Waals surface area (Å²) >= 11 is 5.15. The van der Waals surface area contributed by atoms with Gasteiger partial charge in [0, 0.05) is 5.56 Å². The molecule has 0 bridgehead atoms. The van der Waals surface area contributed by atoms with Crippen LogP contribution < -0.4 is 0 Å². The summed E-state index contributed by atoms with van der Waals surface area (Å²) in [7, 11) is 0. The van der Waals surface area contributed by atoms with Crippen LogP contribution in [0.25, 0.3) is 0 Å². The van der Waals surface area contributed by atoms with Crippen LogP contribution >= 0.6 is 11.6 Å². The number of carbonyl (C=O) groups is 1. The normalized spacial score (nSPS) is 11.9. The summed E-state index contributed by atoms with van der Waals surface area (Å²) in [6.45, 7) is 0. The standard InChI is InChI=1S/C8H3ClF5NO/c9-6-4(7(10)11)1-3(2-16)5(15-6)8(12,13)14/h1-2,7H. The first-order chi connectivity index (χ1) is 7.27. The monoisotopic (exact) mass is 259 g/mol. The van der Waals surface area contributed by atoms with Crippen LogP contribution in [-0.2, 0) is 6.18 Å². The molecule has 0 aliphatic rings. The van der Waals surface area contributed by atoms with E-state index in [1.54, 1.807) is 0 Å². The highest BCUT2D eigenvalue weighted by atomic mass is 35.5. The van der Waals surface area contributed by atoms with Crippen LogP contribution in [0.15, 0.2) is 6.07 Å². The summed E-state index contributed by atoms with van der Waals surface area (Å²) in [6.07, 6.45) is -8.21. The number of hydrogen-bond donors (Lipinski definition) is 0. The molecule has 0 saturated heterocycles. The number of carbonyl (C=O) groups excluding carboxylic acids is 1. The predicted octanol–water partition coefficient (Wildman–Crippen LogP) is 3.50. The van der Waals surface area contributed by atoms with E-state index < -0.39 is 34.6 Å². The number of aromatic nitrogens is 1. The third-order valence-electron chi connectivity index (χ3n) is 1.66. The molecule has 0 radical (unpaired) electrons. The second-order valence-electron chi connectivity index (χ2n) is 2.72. The largest absolute Gasteiger partial charge is 0.434 e. The summed E-state index contributed by atoms with van der Waals surface area (Å²) < 4.78 is 61.3. The fourth-order valence-corrected chi connectivity index (χ4v) is 1.21. The van der Waals surface area contributed by atoms with Crippen molar-refractivity contribution in [1.82, 2.24) is 4.98 Å². The molecule has 0 atom stereocenters. The quantitative estimate of drug-likeness (QED) is 0.462. The van der Waals surface area contributed by atoms with Crippen LogP contribution in [0.4, 0.5) is 22.0 Å². The van der Waals surface area contributed by atoms with Gasteiger partial charge in [-0.3, -0.25) is 4.79 Å². The molecule has 1 aromatic heterocycles. The Hall–Kier alpha value is -1.24. The molecule has 16 heavy (non-hydrogen) atoms. The fraction of sp³-hybridized carbons (Fsp3) is 0.250. The van der Waals surface area contributed by atoms with Crippen molar-refractivity contribution >= 4 is 17.9 Å². The second kappa shape index (κ2) is 4.32. The Bertz CT molecular complexity index is 418. The zero-order valence-electron chi connectivity index (χ0n) is 7.36. The fourth-order valence-electron chi connectivity index (χ4n) is 0.993. The van der Waals surface area contributed by atoms with E-state index in [9.17, 15) is 26.7 Å². The molecule has 1 heterocycles. The van der Waals surface area contributed by atoms with E-state index in [2.05, 4.69) is 4.98 Å². The Balaban J connectivity index is 3.44. The first-order valence-electron chi connectivity index (χ1n) is 3.78. The molecule has 2 nitrogen and oxygen atoms in total. The molecule has 88 valence electrons. The number of pyridine rings is 1. The second-order valence-corrected chi connectivity index (χ2v) is 3.08. The van der Waals surface area contributed by atoms with Crippen molar-refractivity contribution in [2.45, 2.75) is 12.6 Å². The van der Waals surface area contributed by atoms with E-state index in [1.165, 1.54) is 0 Å². The van der Waals surface area contributed by atoms with E-state index in [1.807, 2.05) is 0 Å². The van der Waals surface area contributed by atoms with Gasteiger partial charge in [0.15, 0.2) is 12.0 Å². The average Bonchev–Trinajstić information content (AvgIpc) is 2.15. The molecule has 0 aliphatic heterocycles. The lowest BCUT2D eigenvalue weighted by molar-refractivity contribution is -0.141. The Kier molecular flexibility index (Phi) is 3.47. The van der Waals surface area contributed by atoms with Crippen molar-refractivity contribution in [3.8, 4) is 0 Å². The third kappa shape index (κ3) is 2.46. The molecule has 0 fully saturated rings. The van der Waals surface area contributed by atoms with Gasteiger partial charge in [0.2, 0.25) is 0 Å². The summed E-state index contributed by atoms with van der Waals surface area (Å²) in [5.74, 6) is 0. The van der Waals surface area contributed by atoms with Gasteiger partial charge in [-0.1, -0.05) is 11.6 Å². The number of alkyl halides is 5. The molecule has 8 heteroatoms. The van der Waals surface area contributed by atoms with Crippen molar-refractivity contribution in [3.05, 3.63) is 28.0 Å². The molecule has 0 aromatic carbocycles. The van der Waals surface area contributed by atoms with E-state index in [0.717, 1.165) is 0 Å². The first kappa shape index (κ1) is 12.8. The molecular formula is C8H3ClF5NO. The lowest BCUT2D eigenvalue weighted by Gasteiger charge is -2.11. The number of halogens is 6. The maximum atomic E-state index is 12.3. The maximum Gasteiger partial charge on any atom is 0.434 e. The van der Waals surface area contributed by atoms with Crippen LogP contribution in [0.2, 0.25) is 5.15 Å². The number of nitrogens with zero attached hydrogens (tertiary/aromatic N) is 1. The summed E-state index contributed by atoms with van der Waals surface area (Å²) in [4.78, 5) is 13.1. The SMILES string of the molecule is O=Cc1cc(C(F)F)c(Cl)nc1C(F)(F)F. The van der Waals surface area contributed by atoms with E-state index in [0.29, 0.717) is 6.07 Å². The number of hydrogen-bond acceptors (Lipinski definition) is 2. The van der Waals surface area contributed by atoms with Crippen molar-refractivity contribution in [1.29, 1.82) is 0 Å². The van der Waals surface area contributed by atoms with Gasteiger partial charge in [-0.05, 0) is 6.07 Å². The van der Waals surface area contributed by atoms with Gasteiger partial charge in [0.25, 0.3) is 6.43 Å². The zero-order chi connectivity index (χ0) is 12.5. The number of rotatable bonds is 2. The molecule has 0 unspecified atom stereocenters. The van der Waals surface area contributed by atoms with Crippen LogP contribution in [0, 0.1) is 0 Å². The molecule has 0 N–H and O–H groups in total. The van der Waals surface area contributed by atoms with Gasteiger partial charge in [-0.25, -0.2) is 13.8 Å². The van der Waals surface area contributed by atoms with Crippen LogP contribution in [0.3, 0.4) is 0 Å². The lowest BCUT2D eigenvalue weighted by atomic mass is 10.1. The highest BCUT2D eigenvalue weighted by molar-refractivity contribution is 6.30. The molecular weight excluding hydrogens is 257 g/mol. The summed E-state index contributed by atoms with van der Waals surface area (Å²) in [5.41, 5.74) is -3.44. The minimum absolute atomic E-state index is 0.196. The molecule has 0 saturated carbocycles. The Morgan fingerprint density at radius 3 is 2.31 bits per heavy atom. The average molecular weight is 260 g/mol. The maximum absolute atomic E-state index is 12.3. The molecule has 1 rings (SSSR count). The lowest BCUT2D eigenvalue weighted by Crippen LogP contribution is -2.13. The highest BCUT2D eigenvalue weighted by Gasteiger charge is 2.36. The Morgan fingerprint density at radius 1 is 1.38 bits per heavy atom. The van der Waals surface area contributed by atoms with Crippen molar-refractivity contribution in [2.75, 3.05) is 0 Å². The van der Waals surface area contributed by atoms with Gasteiger partial charge in [-0.15, -0.1) is 0 Å². The Morgan fingerprint density at radius 2 is 1.94 bits per heavy atom. The zero-order valence-corrected chi connectivity index (χ0v) is 8.11. The van der Waals surface area contributed by atoms with Crippen molar-refractivity contribution in [3.63, 3.8) is 0 Å². The van der Waals surface area contributed by atoms with Crippen LogP contribution in [0.1, 0.15) is 28.0 Å². The highest BCUT2D eigenvalue weighted by Crippen LogP contribution is 2.34. The van der Waals surface area contributed by atoms with Gasteiger partial charge in [0.05, 0.1) is 5.56 Å². The van der Waals surface area contributed by atoms with Gasteiger partial charge in [-0.2, -0.15) is 13.2 Å². The van der Waals surface area contributed by atoms with E-state index in [-0.39, 0.29) is 6.29 Å². The van der Waals surface area contributed by atoms with Crippen molar-refractivity contribution in [2.24, 2.45) is 0 Å². The Labute approximate surface area is 91.0 Å². The predicted molar refractivity (Wildman–Crippen MR) is 44.6 cm³/mol. The molecule has 0 amide bonds. The number of aldehydes is 1. The van der Waals surface area contributed by atoms with Crippen LogP contribution in [0.5, 0.6) is 0 Å². The molecule has 0 aliphatic carbocycles. The molecule has 0 spiro atoms. The summed E-state index contributed by atoms with van der Waals surface area (Å²) in [5, 5.41) is -0.965. The third-order valence-corrected chi connectivity index (χ3v) is 1.97. The summed E-state index contributed by atoms with van der Waals surface area (Å²) in [6, 6.07) is 0.385.